The van der Waals surface area contributed by atoms with Gasteiger partial charge in [0.1, 0.15) is 6.54 Å². The second-order valence-corrected chi connectivity index (χ2v) is 5.04. The molecule has 1 amide bonds. The van der Waals surface area contributed by atoms with Gasteiger partial charge >= 0.3 is 5.97 Å². The van der Waals surface area contributed by atoms with Gasteiger partial charge in [-0.25, -0.2) is 4.68 Å². The van der Waals surface area contributed by atoms with Crippen LogP contribution in [0.2, 0.25) is 0 Å². The van der Waals surface area contributed by atoms with Crippen molar-refractivity contribution in [1.29, 1.82) is 0 Å². The van der Waals surface area contributed by atoms with Gasteiger partial charge in [0.25, 0.3) is 5.91 Å². The van der Waals surface area contributed by atoms with Crippen LogP contribution in [0.5, 0.6) is 0 Å². The Morgan fingerprint density at radius 1 is 1.26 bits per heavy atom. The molecule has 0 saturated carbocycles. The first-order valence-electron chi connectivity index (χ1n) is 7.14. The third-order valence-electron chi connectivity index (χ3n) is 3.37. The number of nitrogens with zero attached hydrogens (tertiary/aromatic N) is 3. The first-order chi connectivity index (χ1) is 11.0. The maximum absolute atomic E-state index is 12.4. The second-order valence-electron chi connectivity index (χ2n) is 5.04. The monoisotopic (exact) mass is 317 g/mol. The van der Waals surface area contributed by atoms with E-state index in [9.17, 15) is 9.59 Å². The summed E-state index contributed by atoms with van der Waals surface area (Å²) >= 11 is 0. The summed E-state index contributed by atoms with van der Waals surface area (Å²) in [4.78, 5) is 24.6. The highest BCUT2D eigenvalue weighted by molar-refractivity contribution is 5.96. The van der Waals surface area contributed by atoms with Gasteiger partial charge in [0.2, 0.25) is 0 Å². The van der Waals surface area contributed by atoms with Crippen LogP contribution in [0.15, 0.2) is 36.5 Å². The Balaban J connectivity index is 2.17. The maximum Gasteiger partial charge on any atom is 0.323 e. The van der Waals surface area contributed by atoms with Crippen molar-refractivity contribution in [3.8, 4) is 5.69 Å². The predicted molar refractivity (Wildman–Crippen MR) is 83.7 cm³/mol. The zero-order chi connectivity index (χ0) is 16.8. The van der Waals surface area contributed by atoms with E-state index in [-0.39, 0.29) is 25.6 Å². The molecule has 0 unspecified atom stereocenters. The molecule has 2 rings (SSSR count). The van der Waals surface area contributed by atoms with E-state index in [1.54, 1.807) is 35.1 Å². The number of hydrogen-bond acceptors (Lipinski definition) is 4. The minimum absolute atomic E-state index is 0.224. The Kier molecular flexibility index (Phi) is 5.48. The molecule has 0 atom stereocenters. The van der Waals surface area contributed by atoms with Crippen LogP contribution in [0, 0.1) is 6.92 Å². The van der Waals surface area contributed by atoms with Crippen LogP contribution >= 0.6 is 0 Å². The largest absolute Gasteiger partial charge is 0.480 e. The van der Waals surface area contributed by atoms with Gasteiger partial charge in [0.05, 0.1) is 12.3 Å². The van der Waals surface area contributed by atoms with Crippen LogP contribution < -0.4 is 0 Å². The molecule has 0 saturated heterocycles. The highest BCUT2D eigenvalue weighted by Crippen LogP contribution is 2.13. The number of aryl methyl sites for hydroxylation is 1. The van der Waals surface area contributed by atoms with E-state index in [1.807, 2.05) is 13.0 Å². The third-order valence-corrected chi connectivity index (χ3v) is 3.37. The number of aliphatic carboxylic acids is 1. The molecule has 2 aromatic rings. The number of hydrogen-bond donors (Lipinski definition) is 1. The van der Waals surface area contributed by atoms with Crippen molar-refractivity contribution in [2.24, 2.45) is 0 Å². The molecule has 0 bridgehead atoms. The van der Waals surface area contributed by atoms with Gasteiger partial charge < -0.3 is 14.7 Å². The summed E-state index contributed by atoms with van der Waals surface area (Å²) in [6, 6.07) is 8.78. The number of methoxy groups -OCH3 is 1. The van der Waals surface area contributed by atoms with Crippen molar-refractivity contribution in [3.63, 3.8) is 0 Å². The predicted octanol–water partition coefficient (Wildman–Crippen LogP) is 1.35. The third kappa shape index (κ3) is 4.17. The summed E-state index contributed by atoms with van der Waals surface area (Å²) in [5.41, 5.74) is 2.25. The van der Waals surface area contributed by atoms with Gasteiger partial charge in [-0.3, -0.25) is 9.59 Å². The molecule has 122 valence electrons. The second kappa shape index (κ2) is 7.55. The van der Waals surface area contributed by atoms with Crippen LogP contribution in [0.1, 0.15) is 16.1 Å². The Morgan fingerprint density at radius 2 is 1.96 bits per heavy atom. The van der Waals surface area contributed by atoms with Gasteiger partial charge in [-0.1, -0.05) is 0 Å². The van der Waals surface area contributed by atoms with Gasteiger partial charge in [-0.05, 0) is 37.3 Å². The number of carboxylic acids is 1. The van der Waals surface area contributed by atoms with Crippen LogP contribution in [0.3, 0.4) is 0 Å². The molecule has 0 radical (unpaired) electrons. The molecule has 7 heteroatoms. The standard InChI is InChI=1S/C16H19N3O4/c1-12-7-8-17-19(12)14-5-3-13(4-6-14)16(22)18(9-10-23-2)11-15(20)21/h3-8H,9-11H2,1-2H3,(H,20,21). The fraction of sp³-hybridized carbons (Fsp3) is 0.312. The van der Waals surface area contributed by atoms with Gasteiger partial charge in [0.15, 0.2) is 0 Å². The van der Waals surface area contributed by atoms with E-state index < -0.39 is 5.97 Å². The van der Waals surface area contributed by atoms with Crippen molar-refractivity contribution in [2.45, 2.75) is 6.92 Å². The van der Waals surface area contributed by atoms with E-state index in [2.05, 4.69) is 5.10 Å². The highest BCUT2D eigenvalue weighted by atomic mass is 16.5. The fourth-order valence-electron chi connectivity index (χ4n) is 2.18. The molecule has 0 spiro atoms. The van der Waals surface area contributed by atoms with Crippen LogP contribution in [-0.4, -0.2) is 58.5 Å². The van der Waals surface area contributed by atoms with Gasteiger partial charge in [-0.2, -0.15) is 5.10 Å². The van der Waals surface area contributed by atoms with Crippen molar-refractivity contribution in [2.75, 3.05) is 26.8 Å². The van der Waals surface area contributed by atoms with E-state index in [0.717, 1.165) is 11.4 Å². The molecule has 1 aromatic carbocycles. The topological polar surface area (TPSA) is 84.7 Å². The first kappa shape index (κ1) is 16.7. The number of aromatic nitrogens is 2. The van der Waals surface area contributed by atoms with E-state index in [4.69, 9.17) is 9.84 Å². The summed E-state index contributed by atoms with van der Waals surface area (Å²) in [6.45, 7) is 2.08. The molecule has 1 aromatic heterocycles. The molecule has 0 aliphatic rings. The smallest absolute Gasteiger partial charge is 0.323 e. The number of carboxylic acid groups (broad SMARTS) is 1. The molecule has 0 aliphatic heterocycles. The van der Waals surface area contributed by atoms with Crippen LogP contribution in [-0.2, 0) is 9.53 Å². The normalized spacial score (nSPS) is 10.5. The molecule has 1 heterocycles. The molecule has 23 heavy (non-hydrogen) atoms. The van der Waals surface area contributed by atoms with Gasteiger partial charge in [0, 0.05) is 31.1 Å². The first-order valence-corrected chi connectivity index (χ1v) is 7.14. The number of amides is 1. The van der Waals surface area contributed by atoms with Crippen molar-refractivity contribution in [3.05, 3.63) is 47.8 Å². The summed E-state index contributed by atoms with van der Waals surface area (Å²) in [5.74, 6) is -1.40. The highest BCUT2D eigenvalue weighted by Gasteiger charge is 2.18. The van der Waals surface area contributed by atoms with Crippen molar-refractivity contribution >= 4 is 11.9 Å². The number of benzene rings is 1. The number of carbonyl (C=O) groups excluding carboxylic acids is 1. The number of ether oxygens (including phenoxy) is 1. The SMILES string of the molecule is COCCN(CC(=O)O)C(=O)c1ccc(-n2nccc2C)cc1. The lowest BCUT2D eigenvalue weighted by Crippen LogP contribution is -2.38. The lowest BCUT2D eigenvalue weighted by molar-refractivity contribution is -0.137. The average molecular weight is 317 g/mol. The lowest BCUT2D eigenvalue weighted by atomic mass is 10.1. The molecule has 1 N–H and O–H groups in total. The minimum atomic E-state index is -1.06. The van der Waals surface area contributed by atoms with Gasteiger partial charge in [-0.15, -0.1) is 0 Å². The molecule has 0 aliphatic carbocycles. The molecular formula is C16H19N3O4. The molecular weight excluding hydrogens is 298 g/mol. The molecule has 7 nitrogen and oxygen atoms in total. The number of rotatable bonds is 7. The quantitative estimate of drug-likeness (QED) is 0.833. The average Bonchev–Trinajstić information content (AvgIpc) is 2.96. The lowest BCUT2D eigenvalue weighted by Gasteiger charge is -2.20. The van der Waals surface area contributed by atoms with Crippen molar-refractivity contribution < 1.29 is 19.4 Å². The minimum Gasteiger partial charge on any atom is -0.480 e. The Bertz CT molecular complexity index is 679. The molecule has 0 fully saturated rings. The summed E-state index contributed by atoms with van der Waals surface area (Å²) < 4.78 is 6.68. The summed E-state index contributed by atoms with van der Waals surface area (Å²) in [5, 5.41) is 13.1. The Hall–Kier alpha value is -2.67. The summed E-state index contributed by atoms with van der Waals surface area (Å²) in [7, 11) is 1.50. The van der Waals surface area contributed by atoms with E-state index >= 15 is 0 Å². The zero-order valence-corrected chi connectivity index (χ0v) is 13.1. The maximum atomic E-state index is 12.4. The van der Waals surface area contributed by atoms with E-state index in [1.165, 1.54) is 12.0 Å². The number of carbonyl (C=O) groups is 2. The fourth-order valence-corrected chi connectivity index (χ4v) is 2.18. The van der Waals surface area contributed by atoms with Crippen LogP contribution in [0.4, 0.5) is 0 Å². The summed E-state index contributed by atoms with van der Waals surface area (Å²) in [6.07, 6.45) is 1.70. The van der Waals surface area contributed by atoms with Crippen LogP contribution in [0.25, 0.3) is 5.69 Å². The Labute approximate surface area is 134 Å². The van der Waals surface area contributed by atoms with E-state index in [0.29, 0.717) is 5.56 Å². The Morgan fingerprint density at radius 3 is 2.48 bits per heavy atom. The van der Waals surface area contributed by atoms with Crippen molar-refractivity contribution in [1.82, 2.24) is 14.7 Å². The zero-order valence-electron chi connectivity index (χ0n) is 13.1.